The summed E-state index contributed by atoms with van der Waals surface area (Å²) in [5, 5.41) is 0. The van der Waals surface area contributed by atoms with Crippen LogP contribution in [-0.4, -0.2) is 25.2 Å². The Kier molecular flexibility index (Phi) is 3.48. The van der Waals surface area contributed by atoms with Gasteiger partial charge in [0.05, 0.1) is 18.4 Å². The molecule has 2 aromatic rings. The fraction of sp³-hybridized carbons (Fsp3) is 0.350. The van der Waals surface area contributed by atoms with E-state index >= 15 is 0 Å². The first-order valence-electron chi connectivity index (χ1n) is 8.50. The molecule has 4 nitrogen and oxygen atoms in total. The molecule has 4 heteroatoms. The number of benzene rings is 2. The summed E-state index contributed by atoms with van der Waals surface area (Å²) in [6.45, 7) is 3.16. The van der Waals surface area contributed by atoms with E-state index in [9.17, 15) is 4.79 Å². The number of carbonyl (C=O) groups excluding carboxylic acids is 1. The van der Waals surface area contributed by atoms with Gasteiger partial charge in [-0.2, -0.15) is 0 Å². The van der Waals surface area contributed by atoms with Gasteiger partial charge in [-0.15, -0.1) is 0 Å². The minimum atomic E-state index is -0.321. The number of carbonyl (C=O) groups is 1. The predicted octanol–water partition coefficient (Wildman–Crippen LogP) is 4.06. The van der Waals surface area contributed by atoms with Gasteiger partial charge in [-0.3, -0.25) is 9.69 Å². The van der Waals surface area contributed by atoms with Crippen LogP contribution in [0.5, 0.6) is 5.75 Å². The van der Waals surface area contributed by atoms with Gasteiger partial charge in [0, 0.05) is 12.2 Å². The molecule has 2 aliphatic rings. The second kappa shape index (κ2) is 5.55. The number of nitrogens with zero attached hydrogens (tertiary/aromatic N) is 2. The number of hydrogen-bond acceptors (Lipinski definition) is 3. The van der Waals surface area contributed by atoms with Crippen LogP contribution in [0.3, 0.4) is 0 Å². The zero-order chi connectivity index (χ0) is 16.7. The number of para-hydroxylation sites is 1. The van der Waals surface area contributed by atoms with Crippen LogP contribution < -0.4 is 14.5 Å². The molecule has 1 amide bonds. The van der Waals surface area contributed by atoms with Crippen LogP contribution in [0.4, 0.5) is 11.4 Å². The summed E-state index contributed by atoms with van der Waals surface area (Å²) in [6, 6.07) is 15.7. The van der Waals surface area contributed by atoms with Gasteiger partial charge in [-0.1, -0.05) is 12.1 Å². The van der Waals surface area contributed by atoms with E-state index in [1.165, 1.54) is 0 Å². The highest BCUT2D eigenvalue weighted by atomic mass is 16.5. The fourth-order valence-corrected chi connectivity index (χ4v) is 4.07. The van der Waals surface area contributed by atoms with Crippen LogP contribution in [0.2, 0.25) is 0 Å². The van der Waals surface area contributed by atoms with E-state index in [0.29, 0.717) is 0 Å². The summed E-state index contributed by atoms with van der Waals surface area (Å²) in [5.74, 6) is 0.880. The molecule has 0 bridgehead atoms. The van der Waals surface area contributed by atoms with Gasteiger partial charge in [-0.05, 0) is 62.6 Å². The Morgan fingerprint density at radius 2 is 1.79 bits per heavy atom. The molecule has 0 radical (unpaired) electrons. The number of amides is 1. The minimum absolute atomic E-state index is 0.0800. The number of fused-ring (bicyclic) bond motifs is 3. The van der Waals surface area contributed by atoms with Crippen molar-refractivity contribution < 1.29 is 9.53 Å². The molecule has 0 saturated carbocycles. The molecule has 124 valence electrons. The summed E-state index contributed by atoms with van der Waals surface area (Å²) in [4.78, 5) is 17.7. The van der Waals surface area contributed by atoms with Gasteiger partial charge in [0.15, 0.2) is 0 Å². The highest BCUT2D eigenvalue weighted by molar-refractivity contribution is 6.13. The van der Waals surface area contributed by atoms with Crippen LogP contribution >= 0.6 is 0 Å². The molecule has 2 aliphatic heterocycles. The molecule has 1 atom stereocenters. The Morgan fingerprint density at radius 1 is 1.04 bits per heavy atom. The van der Waals surface area contributed by atoms with Crippen molar-refractivity contribution in [2.45, 2.75) is 31.8 Å². The van der Waals surface area contributed by atoms with E-state index in [-0.39, 0.29) is 11.6 Å². The second-order valence-electron chi connectivity index (χ2n) is 6.68. The standard InChI is InChI=1S/C20H22N2O2/c1-20-13-5-6-14-21(20)18-8-4-3-7-17(18)19(23)22(20)15-9-11-16(24-2)12-10-15/h3-4,7-12H,5-6,13-14H2,1-2H3. The van der Waals surface area contributed by atoms with Crippen LogP contribution in [0.25, 0.3) is 0 Å². The molecule has 2 aromatic carbocycles. The number of piperidine rings is 1. The quantitative estimate of drug-likeness (QED) is 0.836. The predicted molar refractivity (Wildman–Crippen MR) is 95.8 cm³/mol. The van der Waals surface area contributed by atoms with E-state index < -0.39 is 0 Å². The third-order valence-electron chi connectivity index (χ3n) is 5.30. The number of anilines is 2. The van der Waals surface area contributed by atoms with Crippen molar-refractivity contribution in [1.82, 2.24) is 0 Å². The number of rotatable bonds is 2. The van der Waals surface area contributed by atoms with E-state index in [0.717, 1.165) is 48.5 Å². The van der Waals surface area contributed by atoms with Crippen LogP contribution in [0.1, 0.15) is 36.5 Å². The molecule has 0 aliphatic carbocycles. The van der Waals surface area contributed by atoms with Gasteiger partial charge < -0.3 is 9.64 Å². The molecule has 0 spiro atoms. The summed E-state index contributed by atoms with van der Waals surface area (Å²) < 4.78 is 5.26. The Labute approximate surface area is 142 Å². The van der Waals surface area contributed by atoms with E-state index in [1.54, 1.807) is 7.11 Å². The molecule has 0 aromatic heterocycles. The zero-order valence-corrected chi connectivity index (χ0v) is 14.2. The lowest BCUT2D eigenvalue weighted by atomic mass is 9.88. The lowest BCUT2D eigenvalue weighted by Crippen LogP contribution is -2.66. The third kappa shape index (κ3) is 2.09. The average molecular weight is 322 g/mol. The minimum Gasteiger partial charge on any atom is -0.497 e. The highest BCUT2D eigenvalue weighted by Gasteiger charge is 2.48. The maximum absolute atomic E-state index is 13.3. The Morgan fingerprint density at radius 3 is 2.54 bits per heavy atom. The van der Waals surface area contributed by atoms with E-state index in [4.69, 9.17) is 4.74 Å². The van der Waals surface area contributed by atoms with Gasteiger partial charge >= 0.3 is 0 Å². The molecule has 1 unspecified atom stereocenters. The van der Waals surface area contributed by atoms with Crippen LogP contribution in [0, 0.1) is 0 Å². The lowest BCUT2D eigenvalue weighted by molar-refractivity contribution is 0.0934. The van der Waals surface area contributed by atoms with Crippen molar-refractivity contribution in [2.24, 2.45) is 0 Å². The summed E-state index contributed by atoms with van der Waals surface area (Å²) in [5.41, 5.74) is 2.45. The van der Waals surface area contributed by atoms with E-state index in [2.05, 4.69) is 17.9 Å². The molecule has 1 saturated heterocycles. The van der Waals surface area contributed by atoms with Gasteiger partial charge in [0.2, 0.25) is 0 Å². The molecule has 2 heterocycles. The number of ether oxygens (including phenoxy) is 1. The molecule has 0 N–H and O–H groups in total. The molecular formula is C20H22N2O2. The summed E-state index contributed by atoms with van der Waals surface area (Å²) >= 11 is 0. The average Bonchev–Trinajstić information content (AvgIpc) is 2.62. The maximum atomic E-state index is 13.3. The van der Waals surface area contributed by atoms with Crippen molar-refractivity contribution in [3.05, 3.63) is 54.1 Å². The molecule has 4 rings (SSSR count). The Hall–Kier alpha value is -2.49. The normalized spacial score (nSPS) is 22.8. The third-order valence-corrected chi connectivity index (χ3v) is 5.30. The monoisotopic (exact) mass is 322 g/mol. The maximum Gasteiger partial charge on any atom is 0.262 e. The first-order valence-corrected chi connectivity index (χ1v) is 8.50. The van der Waals surface area contributed by atoms with E-state index in [1.807, 2.05) is 47.4 Å². The topological polar surface area (TPSA) is 32.8 Å². The van der Waals surface area contributed by atoms with Gasteiger partial charge in [0.1, 0.15) is 11.4 Å². The summed E-state index contributed by atoms with van der Waals surface area (Å²) in [7, 11) is 1.65. The van der Waals surface area contributed by atoms with Crippen molar-refractivity contribution in [3.63, 3.8) is 0 Å². The molecule has 24 heavy (non-hydrogen) atoms. The first kappa shape index (κ1) is 15.1. The van der Waals surface area contributed by atoms with Crippen molar-refractivity contribution in [1.29, 1.82) is 0 Å². The van der Waals surface area contributed by atoms with Crippen molar-refractivity contribution in [2.75, 3.05) is 23.5 Å². The smallest absolute Gasteiger partial charge is 0.262 e. The molecule has 1 fully saturated rings. The lowest BCUT2D eigenvalue weighted by Gasteiger charge is -2.55. The number of methoxy groups -OCH3 is 1. The van der Waals surface area contributed by atoms with Crippen LogP contribution in [0.15, 0.2) is 48.5 Å². The summed E-state index contributed by atoms with van der Waals surface area (Å²) in [6.07, 6.45) is 3.27. The molecular weight excluding hydrogens is 300 g/mol. The van der Waals surface area contributed by atoms with Crippen molar-refractivity contribution >= 4 is 17.3 Å². The van der Waals surface area contributed by atoms with Gasteiger partial charge in [0.25, 0.3) is 5.91 Å². The second-order valence-corrected chi connectivity index (χ2v) is 6.68. The van der Waals surface area contributed by atoms with Gasteiger partial charge in [-0.25, -0.2) is 0 Å². The van der Waals surface area contributed by atoms with Crippen molar-refractivity contribution in [3.8, 4) is 5.75 Å². The number of hydrogen-bond donors (Lipinski definition) is 0. The first-order chi connectivity index (χ1) is 11.6. The SMILES string of the molecule is COc1ccc(N2C(=O)c3ccccc3N3CCCCC32C)cc1. The fourth-order valence-electron chi connectivity index (χ4n) is 4.07. The Balaban J connectivity index is 1.87. The zero-order valence-electron chi connectivity index (χ0n) is 14.2. The highest BCUT2D eigenvalue weighted by Crippen LogP contribution is 2.44. The van der Waals surface area contributed by atoms with Crippen LogP contribution in [-0.2, 0) is 0 Å². The largest absolute Gasteiger partial charge is 0.497 e. The Bertz CT molecular complexity index is 771.